The third-order valence-electron chi connectivity index (χ3n) is 5.90. The standard InChI is InChI=1S/C26H23F2N5O3/c1-15-20-9-16(11-24(25(20)31-14-30-15)36-19-5-7-35-8-6-19)17-10-23(26(34-2)29-13-17)33-32-22-4-3-18(27)12-21(22)28/h3-4,9-14,19H,5-8H2,1-2H3. The Hall–Kier alpha value is -4.05. The van der Waals surface area contributed by atoms with E-state index in [1.165, 1.54) is 19.5 Å². The maximum absolute atomic E-state index is 14.0. The van der Waals surface area contributed by atoms with Crippen LogP contribution in [0.25, 0.3) is 22.0 Å². The minimum atomic E-state index is -0.818. The van der Waals surface area contributed by atoms with Crippen LogP contribution in [0.4, 0.5) is 20.2 Å². The first-order valence-electron chi connectivity index (χ1n) is 11.4. The van der Waals surface area contributed by atoms with Gasteiger partial charge < -0.3 is 14.2 Å². The fourth-order valence-electron chi connectivity index (χ4n) is 3.99. The molecule has 4 aromatic rings. The van der Waals surface area contributed by atoms with Crippen molar-refractivity contribution in [2.45, 2.75) is 25.9 Å². The smallest absolute Gasteiger partial charge is 0.241 e. The third-order valence-corrected chi connectivity index (χ3v) is 5.90. The zero-order valence-corrected chi connectivity index (χ0v) is 19.7. The zero-order valence-electron chi connectivity index (χ0n) is 19.7. The van der Waals surface area contributed by atoms with Gasteiger partial charge in [0, 0.05) is 41.7 Å². The minimum absolute atomic E-state index is 0.0245. The molecule has 0 spiro atoms. The van der Waals surface area contributed by atoms with E-state index in [1.54, 1.807) is 12.3 Å². The molecule has 2 aromatic heterocycles. The fourth-order valence-corrected chi connectivity index (χ4v) is 3.99. The van der Waals surface area contributed by atoms with E-state index >= 15 is 0 Å². The van der Waals surface area contributed by atoms with E-state index in [4.69, 9.17) is 14.2 Å². The van der Waals surface area contributed by atoms with Crippen LogP contribution in [-0.2, 0) is 4.74 Å². The van der Waals surface area contributed by atoms with Gasteiger partial charge in [-0.2, -0.15) is 0 Å². The molecule has 0 saturated carbocycles. The molecule has 8 nitrogen and oxygen atoms in total. The first-order valence-corrected chi connectivity index (χ1v) is 11.4. The molecule has 2 aromatic carbocycles. The zero-order chi connectivity index (χ0) is 25.1. The topological polar surface area (TPSA) is 91.1 Å². The Bertz CT molecular complexity index is 1440. The average molecular weight is 491 g/mol. The summed E-state index contributed by atoms with van der Waals surface area (Å²) in [6.45, 7) is 3.22. The Morgan fingerprint density at radius 1 is 0.944 bits per heavy atom. The van der Waals surface area contributed by atoms with E-state index < -0.39 is 11.6 Å². The second-order valence-electron chi connectivity index (χ2n) is 8.31. The molecule has 3 heterocycles. The predicted octanol–water partition coefficient (Wildman–Crippen LogP) is 6.26. The van der Waals surface area contributed by atoms with E-state index in [0.29, 0.717) is 24.5 Å². The van der Waals surface area contributed by atoms with E-state index in [-0.39, 0.29) is 23.4 Å². The van der Waals surface area contributed by atoms with Gasteiger partial charge in [-0.05, 0) is 42.8 Å². The van der Waals surface area contributed by atoms with E-state index in [9.17, 15) is 8.78 Å². The van der Waals surface area contributed by atoms with Crippen LogP contribution in [0.15, 0.2) is 59.2 Å². The molecule has 0 unspecified atom stereocenters. The first-order chi connectivity index (χ1) is 17.5. The molecule has 0 atom stereocenters. The summed E-state index contributed by atoms with van der Waals surface area (Å²) in [5, 5.41) is 8.90. The summed E-state index contributed by atoms with van der Waals surface area (Å²) >= 11 is 0. The summed E-state index contributed by atoms with van der Waals surface area (Å²) in [7, 11) is 1.45. The molecule has 1 aliphatic heterocycles. The molecule has 10 heteroatoms. The first kappa shape index (κ1) is 23.7. The van der Waals surface area contributed by atoms with E-state index in [0.717, 1.165) is 47.1 Å². The second kappa shape index (κ2) is 10.3. The maximum atomic E-state index is 14.0. The van der Waals surface area contributed by atoms with Crippen molar-refractivity contribution in [3.8, 4) is 22.8 Å². The highest BCUT2D eigenvalue weighted by Crippen LogP contribution is 2.37. The third kappa shape index (κ3) is 4.99. The summed E-state index contributed by atoms with van der Waals surface area (Å²) in [6.07, 6.45) is 4.79. The summed E-state index contributed by atoms with van der Waals surface area (Å²) in [5.74, 6) is -0.653. The Kier molecular flexibility index (Phi) is 6.77. The number of azo groups is 1. The Morgan fingerprint density at radius 3 is 2.53 bits per heavy atom. The Labute approximate surface area is 206 Å². The fraction of sp³-hybridized carbons (Fsp3) is 0.269. The quantitative estimate of drug-likeness (QED) is 0.296. The molecular formula is C26H23F2N5O3. The molecule has 1 fully saturated rings. The number of benzene rings is 2. The normalized spacial score (nSPS) is 14.4. The molecule has 36 heavy (non-hydrogen) atoms. The van der Waals surface area contributed by atoms with Crippen molar-refractivity contribution in [2.24, 2.45) is 10.2 Å². The molecule has 0 amide bonds. The van der Waals surface area contributed by atoms with Crippen LogP contribution in [0.1, 0.15) is 18.5 Å². The van der Waals surface area contributed by atoms with Crippen molar-refractivity contribution in [3.63, 3.8) is 0 Å². The van der Waals surface area contributed by atoms with Gasteiger partial charge in [0.15, 0.2) is 5.82 Å². The van der Waals surface area contributed by atoms with Crippen LogP contribution >= 0.6 is 0 Å². The largest absolute Gasteiger partial charge is 0.488 e. The van der Waals surface area contributed by atoms with Crippen LogP contribution < -0.4 is 9.47 Å². The number of fused-ring (bicyclic) bond motifs is 1. The van der Waals surface area contributed by atoms with Crippen LogP contribution in [-0.4, -0.2) is 41.4 Å². The average Bonchev–Trinajstić information content (AvgIpc) is 2.89. The number of halogens is 2. The highest BCUT2D eigenvalue weighted by molar-refractivity contribution is 5.91. The Balaban J connectivity index is 1.56. The number of hydrogen-bond acceptors (Lipinski definition) is 8. The summed E-state index contributed by atoms with van der Waals surface area (Å²) in [6, 6.07) is 8.68. The monoisotopic (exact) mass is 491 g/mol. The minimum Gasteiger partial charge on any atom is -0.488 e. The summed E-state index contributed by atoms with van der Waals surface area (Å²) in [4.78, 5) is 13.2. The van der Waals surface area contributed by atoms with Gasteiger partial charge in [-0.3, -0.25) is 0 Å². The van der Waals surface area contributed by atoms with Crippen LogP contribution in [0.2, 0.25) is 0 Å². The van der Waals surface area contributed by atoms with Gasteiger partial charge in [0.2, 0.25) is 5.88 Å². The number of hydrogen-bond donors (Lipinski definition) is 0. The van der Waals surface area contributed by atoms with Gasteiger partial charge in [0.25, 0.3) is 0 Å². The molecule has 1 aliphatic rings. The number of aryl methyl sites for hydroxylation is 1. The van der Waals surface area contributed by atoms with Crippen molar-refractivity contribution in [3.05, 3.63) is 66.3 Å². The highest BCUT2D eigenvalue weighted by atomic mass is 19.1. The molecular weight excluding hydrogens is 468 g/mol. The number of pyridine rings is 1. The van der Waals surface area contributed by atoms with Crippen molar-refractivity contribution < 1.29 is 23.0 Å². The van der Waals surface area contributed by atoms with Gasteiger partial charge in [0.05, 0.1) is 20.3 Å². The van der Waals surface area contributed by atoms with Gasteiger partial charge in [-0.25, -0.2) is 23.7 Å². The summed E-state index contributed by atoms with van der Waals surface area (Å²) < 4.78 is 44.4. The predicted molar refractivity (Wildman–Crippen MR) is 129 cm³/mol. The molecule has 0 aliphatic carbocycles. The number of methoxy groups -OCH3 is 1. The van der Waals surface area contributed by atoms with Crippen molar-refractivity contribution in [1.82, 2.24) is 15.0 Å². The van der Waals surface area contributed by atoms with Gasteiger partial charge >= 0.3 is 0 Å². The van der Waals surface area contributed by atoms with E-state index in [2.05, 4.69) is 25.2 Å². The van der Waals surface area contributed by atoms with Gasteiger partial charge in [-0.15, -0.1) is 10.2 Å². The molecule has 1 saturated heterocycles. The lowest BCUT2D eigenvalue weighted by Gasteiger charge is -2.24. The van der Waals surface area contributed by atoms with Gasteiger partial charge in [-0.1, -0.05) is 0 Å². The van der Waals surface area contributed by atoms with Crippen molar-refractivity contribution in [2.75, 3.05) is 20.3 Å². The lowest BCUT2D eigenvalue weighted by Crippen LogP contribution is -2.26. The molecule has 184 valence electrons. The maximum Gasteiger partial charge on any atom is 0.241 e. The molecule has 0 bridgehead atoms. The van der Waals surface area contributed by atoms with Gasteiger partial charge in [0.1, 0.15) is 40.9 Å². The lowest BCUT2D eigenvalue weighted by atomic mass is 10.0. The van der Waals surface area contributed by atoms with Crippen LogP contribution in [0.5, 0.6) is 11.6 Å². The highest BCUT2D eigenvalue weighted by Gasteiger charge is 2.19. The second-order valence-corrected chi connectivity index (χ2v) is 8.31. The van der Waals surface area contributed by atoms with E-state index in [1.807, 2.05) is 19.1 Å². The number of nitrogens with zero attached hydrogens (tertiary/aromatic N) is 5. The van der Waals surface area contributed by atoms with Crippen molar-refractivity contribution in [1.29, 1.82) is 0 Å². The molecule has 0 radical (unpaired) electrons. The molecule has 5 rings (SSSR count). The summed E-state index contributed by atoms with van der Waals surface area (Å²) in [5.41, 5.74) is 3.24. The number of rotatable bonds is 6. The Morgan fingerprint density at radius 2 is 1.75 bits per heavy atom. The lowest BCUT2D eigenvalue weighted by molar-refractivity contribution is 0.0261. The van der Waals surface area contributed by atoms with Crippen LogP contribution in [0.3, 0.4) is 0 Å². The van der Waals surface area contributed by atoms with Crippen molar-refractivity contribution >= 4 is 22.3 Å². The number of aromatic nitrogens is 3. The molecule has 0 N–H and O–H groups in total. The SMILES string of the molecule is COc1ncc(-c2cc(OC3CCOCC3)c3ncnc(C)c3c2)cc1N=Nc1ccc(F)cc1F. The number of ether oxygens (including phenoxy) is 3. The van der Waals surface area contributed by atoms with Crippen LogP contribution in [0, 0.1) is 18.6 Å².